The van der Waals surface area contributed by atoms with Gasteiger partial charge in [0.15, 0.2) is 0 Å². The summed E-state index contributed by atoms with van der Waals surface area (Å²) in [6, 6.07) is 14.2. The van der Waals surface area contributed by atoms with Crippen LogP contribution in [0.2, 0.25) is 0 Å². The fourth-order valence-electron chi connectivity index (χ4n) is 3.71. The van der Waals surface area contributed by atoms with Gasteiger partial charge in [-0.15, -0.1) is 0 Å². The van der Waals surface area contributed by atoms with Gasteiger partial charge in [-0.2, -0.15) is 0 Å². The maximum absolute atomic E-state index is 13.0. The maximum atomic E-state index is 13.0. The van der Waals surface area contributed by atoms with Gasteiger partial charge >= 0.3 is 0 Å². The van der Waals surface area contributed by atoms with Crippen molar-refractivity contribution in [2.24, 2.45) is 7.05 Å². The molecule has 1 aromatic carbocycles. The van der Waals surface area contributed by atoms with Gasteiger partial charge in [0.1, 0.15) is 5.69 Å². The predicted molar refractivity (Wildman–Crippen MR) is 103 cm³/mol. The minimum absolute atomic E-state index is 0.126. The predicted octanol–water partition coefficient (Wildman–Crippen LogP) is 2.84. The number of hydrogen-bond donors (Lipinski definition) is 0. The third-order valence-electron chi connectivity index (χ3n) is 5.30. The van der Waals surface area contributed by atoms with Gasteiger partial charge in [-0.05, 0) is 36.8 Å². The number of fused-ring (bicyclic) bond motifs is 1. The van der Waals surface area contributed by atoms with Crippen LogP contribution in [0.1, 0.15) is 21.7 Å². The molecule has 0 radical (unpaired) electrons. The summed E-state index contributed by atoms with van der Waals surface area (Å²) in [6.07, 6.45) is 1.83. The van der Waals surface area contributed by atoms with Crippen LogP contribution >= 0.6 is 0 Å². The summed E-state index contributed by atoms with van der Waals surface area (Å²) in [7, 11) is 1.98. The lowest BCUT2D eigenvalue weighted by atomic mass is 10.1. The standard InChI is InChI=1S/C21H24N4O/c1-16-6-5-8-19-18(16)14-20(23(19)2)21(26)25-12-10-24(11-13-25)15-17-7-3-4-9-22-17/h3-9,14H,10-13,15H2,1-2H3. The Morgan fingerprint density at radius 1 is 1.08 bits per heavy atom. The van der Waals surface area contributed by atoms with Crippen molar-refractivity contribution in [3.8, 4) is 0 Å². The number of benzene rings is 1. The third kappa shape index (κ3) is 3.10. The van der Waals surface area contributed by atoms with Crippen molar-refractivity contribution in [3.05, 3.63) is 65.6 Å². The van der Waals surface area contributed by atoms with Crippen molar-refractivity contribution in [1.29, 1.82) is 0 Å². The van der Waals surface area contributed by atoms with Crippen LogP contribution in [0.3, 0.4) is 0 Å². The summed E-state index contributed by atoms with van der Waals surface area (Å²) in [5, 5.41) is 1.16. The molecule has 5 nitrogen and oxygen atoms in total. The topological polar surface area (TPSA) is 41.4 Å². The molecular weight excluding hydrogens is 324 g/mol. The first-order valence-electron chi connectivity index (χ1n) is 9.10. The summed E-state index contributed by atoms with van der Waals surface area (Å²) < 4.78 is 2.02. The van der Waals surface area contributed by atoms with Gasteiger partial charge in [-0.25, -0.2) is 0 Å². The molecule has 1 saturated heterocycles. The van der Waals surface area contributed by atoms with E-state index in [0.717, 1.165) is 55.0 Å². The monoisotopic (exact) mass is 348 g/mol. The van der Waals surface area contributed by atoms with E-state index in [1.54, 1.807) is 0 Å². The molecule has 1 aliphatic rings. The Labute approximate surface area is 153 Å². The molecule has 1 fully saturated rings. The van der Waals surface area contributed by atoms with Crippen molar-refractivity contribution in [2.45, 2.75) is 13.5 Å². The fourth-order valence-corrected chi connectivity index (χ4v) is 3.71. The normalized spacial score (nSPS) is 15.5. The highest BCUT2D eigenvalue weighted by atomic mass is 16.2. The van der Waals surface area contributed by atoms with Crippen molar-refractivity contribution >= 4 is 16.8 Å². The van der Waals surface area contributed by atoms with Crippen LogP contribution in [0.5, 0.6) is 0 Å². The van der Waals surface area contributed by atoms with Gasteiger partial charge in [-0.3, -0.25) is 14.7 Å². The van der Waals surface area contributed by atoms with Crippen LogP contribution in [0.25, 0.3) is 10.9 Å². The van der Waals surface area contributed by atoms with Gasteiger partial charge < -0.3 is 9.47 Å². The summed E-state index contributed by atoms with van der Waals surface area (Å²) in [6.45, 7) is 6.21. The smallest absolute Gasteiger partial charge is 0.270 e. The Morgan fingerprint density at radius 3 is 2.58 bits per heavy atom. The van der Waals surface area contributed by atoms with Crippen LogP contribution < -0.4 is 0 Å². The lowest BCUT2D eigenvalue weighted by molar-refractivity contribution is 0.0618. The van der Waals surface area contributed by atoms with Crippen molar-refractivity contribution in [1.82, 2.24) is 19.4 Å². The van der Waals surface area contributed by atoms with E-state index in [1.807, 2.05) is 47.0 Å². The number of carbonyl (C=O) groups is 1. The van der Waals surface area contributed by atoms with Crippen LogP contribution in [0.4, 0.5) is 0 Å². The first-order chi connectivity index (χ1) is 12.6. The second kappa shape index (κ2) is 6.92. The van der Waals surface area contributed by atoms with E-state index in [9.17, 15) is 4.79 Å². The summed E-state index contributed by atoms with van der Waals surface area (Å²) >= 11 is 0. The Morgan fingerprint density at radius 2 is 1.88 bits per heavy atom. The van der Waals surface area contributed by atoms with Gasteiger partial charge in [-0.1, -0.05) is 18.2 Å². The minimum Gasteiger partial charge on any atom is -0.340 e. The van der Waals surface area contributed by atoms with E-state index in [1.165, 1.54) is 5.56 Å². The lowest BCUT2D eigenvalue weighted by Gasteiger charge is -2.34. The van der Waals surface area contributed by atoms with Crippen LogP contribution in [0, 0.1) is 6.92 Å². The highest BCUT2D eigenvalue weighted by molar-refractivity contribution is 5.99. The number of piperazine rings is 1. The Kier molecular flexibility index (Phi) is 4.47. The Bertz CT molecular complexity index is 924. The average molecular weight is 348 g/mol. The van der Waals surface area contributed by atoms with Gasteiger partial charge in [0.2, 0.25) is 0 Å². The summed E-state index contributed by atoms with van der Waals surface area (Å²) in [5.41, 5.74) is 4.17. The highest BCUT2D eigenvalue weighted by Gasteiger charge is 2.24. The summed E-state index contributed by atoms with van der Waals surface area (Å²) in [4.78, 5) is 21.8. The Balaban J connectivity index is 1.45. The van der Waals surface area contributed by atoms with Crippen LogP contribution in [0.15, 0.2) is 48.7 Å². The zero-order valence-corrected chi connectivity index (χ0v) is 15.4. The number of carbonyl (C=O) groups excluding carboxylic acids is 1. The Hall–Kier alpha value is -2.66. The number of aryl methyl sites for hydroxylation is 2. The maximum Gasteiger partial charge on any atom is 0.270 e. The lowest BCUT2D eigenvalue weighted by Crippen LogP contribution is -2.48. The van der Waals surface area contributed by atoms with E-state index in [2.05, 4.69) is 35.0 Å². The zero-order valence-electron chi connectivity index (χ0n) is 15.4. The molecule has 5 heteroatoms. The second-order valence-electron chi connectivity index (χ2n) is 6.99. The second-order valence-corrected chi connectivity index (χ2v) is 6.99. The molecule has 4 rings (SSSR count). The van der Waals surface area contributed by atoms with Crippen LogP contribution in [-0.4, -0.2) is 51.4 Å². The van der Waals surface area contributed by atoms with E-state index in [0.29, 0.717) is 0 Å². The number of hydrogen-bond acceptors (Lipinski definition) is 3. The molecule has 3 aromatic rings. The largest absolute Gasteiger partial charge is 0.340 e. The molecule has 3 heterocycles. The molecule has 0 saturated carbocycles. The first-order valence-corrected chi connectivity index (χ1v) is 9.10. The SMILES string of the molecule is Cc1cccc2c1cc(C(=O)N1CCN(Cc3ccccn3)CC1)n2C. The third-order valence-corrected chi connectivity index (χ3v) is 5.30. The molecule has 0 bridgehead atoms. The van der Waals surface area contributed by atoms with Gasteiger partial charge in [0, 0.05) is 56.9 Å². The molecule has 2 aromatic heterocycles. The van der Waals surface area contributed by atoms with Crippen molar-refractivity contribution in [3.63, 3.8) is 0 Å². The molecule has 1 aliphatic heterocycles. The number of rotatable bonds is 3. The molecular formula is C21H24N4O. The first kappa shape index (κ1) is 16.8. The van der Waals surface area contributed by atoms with Crippen molar-refractivity contribution in [2.75, 3.05) is 26.2 Å². The molecule has 0 unspecified atom stereocenters. The molecule has 1 amide bonds. The highest BCUT2D eigenvalue weighted by Crippen LogP contribution is 2.23. The summed E-state index contributed by atoms with van der Waals surface area (Å²) in [5.74, 6) is 0.126. The van der Waals surface area contributed by atoms with E-state index in [4.69, 9.17) is 0 Å². The zero-order chi connectivity index (χ0) is 18.1. The molecule has 26 heavy (non-hydrogen) atoms. The molecule has 0 spiro atoms. The molecule has 0 atom stereocenters. The minimum atomic E-state index is 0.126. The molecule has 0 N–H and O–H groups in total. The van der Waals surface area contributed by atoms with Crippen molar-refractivity contribution < 1.29 is 4.79 Å². The fraction of sp³-hybridized carbons (Fsp3) is 0.333. The molecule has 134 valence electrons. The quantitative estimate of drug-likeness (QED) is 0.731. The van der Waals surface area contributed by atoms with Gasteiger partial charge in [0.05, 0.1) is 5.69 Å². The number of nitrogens with zero attached hydrogens (tertiary/aromatic N) is 4. The number of pyridine rings is 1. The average Bonchev–Trinajstić information content (AvgIpc) is 3.01. The van der Waals surface area contributed by atoms with Crippen LogP contribution in [-0.2, 0) is 13.6 Å². The number of amides is 1. The van der Waals surface area contributed by atoms with E-state index < -0.39 is 0 Å². The van der Waals surface area contributed by atoms with E-state index >= 15 is 0 Å². The number of aromatic nitrogens is 2. The van der Waals surface area contributed by atoms with E-state index in [-0.39, 0.29) is 5.91 Å². The molecule has 0 aliphatic carbocycles. The van der Waals surface area contributed by atoms with Gasteiger partial charge in [0.25, 0.3) is 5.91 Å².